The van der Waals surface area contributed by atoms with E-state index >= 15 is 0 Å². The highest BCUT2D eigenvalue weighted by Gasteiger charge is 2.14. The molecule has 1 unspecified atom stereocenters. The van der Waals surface area contributed by atoms with Crippen molar-refractivity contribution in [1.82, 2.24) is 0 Å². The molecule has 0 bridgehead atoms. The number of ether oxygens (including phenoxy) is 2. The van der Waals surface area contributed by atoms with Gasteiger partial charge in [-0.1, -0.05) is 19.9 Å². The molecule has 0 amide bonds. The maximum Gasteiger partial charge on any atom is 0.160 e. The average molecular weight is 238 g/mol. The molecule has 1 rings (SSSR count). The molecule has 0 fully saturated rings. The monoisotopic (exact) mass is 238 g/mol. The Labute approximate surface area is 103 Å². The predicted octanol–water partition coefficient (Wildman–Crippen LogP) is 2.83. The number of benzene rings is 1. The number of aliphatic hydroxyl groups is 1. The zero-order valence-corrected chi connectivity index (χ0v) is 11.1. The van der Waals surface area contributed by atoms with Gasteiger partial charge in [-0.3, -0.25) is 0 Å². The highest BCUT2D eigenvalue weighted by Crippen LogP contribution is 2.32. The molecule has 0 heterocycles. The van der Waals surface area contributed by atoms with Gasteiger partial charge in [0.05, 0.1) is 14.2 Å². The lowest BCUT2D eigenvalue weighted by molar-refractivity contribution is 0.248. The third kappa shape index (κ3) is 3.63. The van der Waals surface area contributed by atoms with Crippen LogP contribution < -0.4 is 9.47 Å². The predicted molar refractivity (Wildman–Crippen MR) is 68.8 cm³/mol. The van der Waals surface area contributed by atoms with Gasteiger partial charge >= 0.3 is 0 Å². The lowest BCUT2D eigenvalue weighted by atomic mass is 9.91. The molecule has 0 saturated heterocycles. The van der Waals surface area contributed by atoms with Gasteiger partial charge in [0, 0.05) is 12.5 Å². The van der Waals surface area contributed by atoms with Crippen molar-refractivity contribution < 1.29 is 14.6 Å². The van der Waals surface area contributed by atoms with E-state index in [2.05, 4.69) is 13.8 Å². The number of aliphatic hydroxyl groups excluding tert-OH is 1. The first-order chi connectivity index (χ1) is 8.12. The van der Waals surface area contributed by atoms with Gasteiger partial charge in [-0.25, -0.2) is 0 Å². The Kier molecular flexibility index (Phi) is 5.29. The minimum absolute atomic E-state index is 0.160. The van der Waals surface area contributed by atoms with E-state index in [4.69, 9.17) is 9.47 Å². The molecule has 0 radical (unpaired) electrons. The molecular formula is C14H22O3. The van der Waals surface area contributed by atoms with Gasteiger partial charge in [-0.15, -0.1) is 0 Å². The molecular weight excluding hydrogens is 216 g/mol. The fourth-order valence-electron chi connectivity index (χ4n) is 1.99. The van der Waals surface area contributed by atoms with Crippen molar-refractivity contribution in [3.8, 4) is 11.5 Å². The molecule has 1 aromatic carbocycles. The van der Waals surface area contributed by atoms with E-state index in [-0.39, 0.29) is 12.5 Å². The Bertz CT molecular complexity index is 347. The Hall–Kier alpha value is -1.22. The van der Waals surface area contributed by atoms with Crippen LogP contribution in [0.4, 0.5) is 0 Å². The smallest absolute Gasteiger partial charge is 0.160 e. The maximum atomic E-state index is 9.45. The Morgan fingerprint density at radius 3 is 2.24 bits per heavy atom. The molecule has 1 aromatic rings. The third-order valence-electron chi connectivity index (χ3n) is 2.86. The van der Waals surface area contributed by atoms with E-state index in [0.717, 1.165) is 17.7 Å². The lowest BCUT2D eigenvalue weighted by Gasteiger charge is -2.18. The summed E-state index contributed by atoms with van der Waals surface area (Å²) in [5.41, 5.74) is 1.10. The quantitative estimate of drug-likeness (QED) is 0.828. The standard InChI is InChI=1S/C14H22O3/c1-10(2)7-12(9-15)11-5-6-13(16-3)14(8-11)17-4/h5-6,8,10,12,15H,7,9H2,1-4H3. The van der Waals surface area contributed by atoms with Crippen molar-refractivity contribution in [3.63, 3.8) is 0 Å². The largest absolute Gasteiger partial charge is 0.493 e. The molecule has 0 aliphatic rings. The zero-order chi connectivity index (χ0) is 12.8. The minimum Gasteiger partial charge on any atom is -0.493 e. The van der Waals surface area contributed by atoms with Crippen molar-refractivity contribution in [3.05, 3.63) is 23.8 Å². The zero-order valence-electron chi connectivity index (χ0n) is 11.1. The SMILES string of the molecule is COc1ccc(C(CO)CC(C)C)cc1OC. The molecule has 0 aliphatic heterocycles. The highest BCUT2D eigenvalue weighted by molar-refractivity contribution is 5.43. The van der Waals surface area contributed by atoms with Gasteiger partial charge in [0.25, 0.3) is 0 Å². The van der Waals surface area contributed by atoms with E-state index in [0.29, 0.717) is 11.7 Å². The number of hydrogen-bond acceptors (Lipinski definition) is 3. The van der Waals surface area contributed by atoms with Gasteiger partial charge in [0.15, 0.2) is 11.5 Å². The third-order valence-corrected chi connectivity index (χ3v) is 2.86. The van der Waals surface area contributed by atoms with Crippen LogP contribution in [0.2, 0.25) is 0 Å². The molecule has 0 spiro atoms. The average Bonchev–Trinajstić information content (AvgIpc) is 2.34. The Balaban J connectivity index is 2.96. The van der Waals surface area contributed by atoms with E-state index < -0.39 is 0 Å². The molecule has 17 heavy (non-hydrogen) atoms. The summed E-state index contributed by atoms with van der Waals surface area (Å²) in [6.45, 7) is 4.47. The molecule has 3 heteroatoms. The second kappa shape index (κ2) is 6.50. The van der Waals surface area contributed by atoms with Crippen LogP contribution in [0.5, 0.6) is 11.5 Å². The van der Waals surface area contributed by atoms with Gasteiger partial charge in [-0.05, 0) is 30.0 Å². The second-order valence-electron chi connectivity index (χ2n) is 4.62. The lowest BCUT2D eigenvalue weighted by Crippen LogP contribution is -2.08. The molecule has 0 aromatic heterocycles. The maximum absolute atomic E-state index is 9.45. The molecule has 3 nitrogen and oxygen atoms in total. The van der Waals surface area contributed by atoms with Gasteiger partial charge in [0.2, 0.25) is 0 Å². The molecule has 0 aliphatic carbocycles. The van der Waals surface area contributed by atoms with Gasteiger partial charge in [-0.2, -0.15) is 0 Å². The van der Waals surface area contributed by atoms with Crippen LogP contribution in [-0.2, 0) is 0 Å². The summed E-state index contributed by atoms with van der Waals surface area (Å²) in [7, 11) is 3.24. The Morgan fingerprint density at radius 1 is 1.12 bits per heavy atom. The van der Waals surface area contributed by atoms with E-state index in [9.17, 15) is 5.11 Å². The summed E-state index contributed by atoms with van der Waals surface area (Å²) in [5.74, 6) is 2.15. The van der Waals surface area contributed by atoms with Crippen LogP contribution in [0.25, 0.3) is 0 Å². The van der Waals surface area contributed by atoms with Crippen LogP contribution in [-0.4, -0.2) is 25.9 Å². The van der Waals surface area contributed by atoms with Crippen LogP contribution in [0.15, 0.2) is 18.2 Å². The highest BCUT2D eigenvalue weighted by atomic mass is 16.5. The Morgan fingerprint density at radius 2 is 1.76 bits per heavy atom. The fraction of sp³-hybridized carbons (Fsp3) is 0.571. The second-order valence-corrected chi connectivity index (χ2v) is 4.62. The first-order valence-electron chi connectivity index (χ1n) is 5.95. The summed E-state index contributed by atoms with van der Waals surface area (Å²) < 4.78 is 10.5. The van der Waals surface area contributed by atoms with Crippen molar-refractivity contribution in [2.24, 2.45) is 5.92 Å². The van der Waals surface area contributed by atoms with Crippen LogP contribution in [0.1, 0.15) is 31.7 Å². The fourth-order valence-corrected chi connectivity index (χ4v) is 1.99. The number of methoxy groups -OCH3 is 2. The van der Waals surface area contributed by atoms with Crippen molar-refractivity contribution in [1.29, 1.82) is 0 Å². The van der Waals surface area contributed by atoms with Crippen molar-refractivity contribution >= 4 is 0 Å². The molecule has 1 N–H and O–H groups in total. The summed E-state index contributed by atoms with van der Waals surface area (Å²) in [5, 5.41) is 9.45. The van der Waals surface area contributed by atoms with Crippen LogP contribution in [0.3, 0.4) is 0 Å². The van der Waals surface area contributed by atoms with Crippen LogP contribution in [0, 0.1) is 5.92 Å². The normalized spacial score (nSPS) is 12.6. The summed E-state index contributed by atoms with van der Waals surface area (Å²) in [6, 6.07) is 5.82. The summed E-state index contributed by atoms with van der Waals surface area (Å²) >= 11 is 0. The van der Waals surface area contributed by atoms with E-state index in [1.54, 1.807) is 14.2 Å². The molecule has 1 atom stereocenters. The van der Waals surface area contributed by atoms with E-state index in [1.165, 1.54) is 0 Å². The summed E-state index contributed by atoms with van der Waals surface area (Å²) in [4.78, 5) is 0. The minimum atomic E-state index is 0.160. The van der Waals surface area contributed by atoms with Crippen molar-refractivity contribution in [2.45, 2.75) is 26.2 Å². The summed E-state index contributed by atoms with van der Waals surface area (Å²) in [6.07, 6.45) is 0.964. The molecule has 0 saturated carbocycles. The van der Waals surface area contributed by atoms with Gasteiger partial charge < -0.3 is 14.6 Å². The number of hydrogen-bond donors (Lipinski definition) is 1. The van der Waals surface area contributed by atoms with Crippen molar-refractivity contribution in [2.75, 3.05) is 20.8 Å². The first kappa shape index (κ1) is 13.8. The van der Waals surface area contributed by atoms with Crippen LogP contribution >= 0.6 is 0 Å². The van der Waals surface area contributed by atoms with E-state index in [1.807, 2.05) is 18.2 Å². The van der Waals surface area contributed by atoms with Gasteiger partial charge in [0.1, 0.15) is 0 Å². The number of rotatable bonds is 6. The molecule has 96 valence electrons. The topological polar surface area (TPSA) is 38.7 Å². The first-order valence-corrected chi connectivity index (χ1v) is 5.95.